The van der Waals surface area contributed by atoms with E-state index in [2.05, 4.69) is 24.5 Å². The summed E-state index contributed by atoms with van der Waals surface area (Å²) in [5.41, 5.74) is 1.50. The summed E-state index contributed by atoms with van der Waals surface area (Å²) >= 11 is 0. The topological polar surface area (TPSA) is 70.6 Å². The van der Waals surface area contributed by atoms with Crippen molar-refractivity contribution < 1.29 is 14.6 Å². The maximum absolute atomic E-state index is 11.8. The molecule has 0 heterocycles. The van der Waals surface area contributed by atoms with E-state index in [9.17, 15) is 9.90 Å². The van der Waals surface area contributed by atoms with E-state index in [-0.39, 0.29) is 17.8 Å². The zero-order chi connectivity index (χ0) is 17.6. The molecule has 1 unspecified atom stereocenters. The molecule has 130 valence electrons. The molecule has 1 aromatic rings. The molecular formula is C18H30N2O3. The third-order valence-corrected chi connectivity index (χ3v) is 3.61. The number of phenols is 1. The van der Waals surface area contributed by atoms with Crippen molar-refractivity contribution in [1.82, 2.24) is 5.32 Å². The van der Waals surface area contributed by atoms with Gasteiger partial charge in [0.1, 0.15) is 11.4 Å². The number of alkyl carbamates (subject to hydrolysis) is 1. The summed E-state index contributed by atoms with van der Waals surface area (Å²) < 4.78 is 5.26. The van der Waals surface area contributed by atoms with E-state index in [1.54, 1.807) is 12.1 Å². The van der Waals surface area contributed by atoms with Crippen molar-refractivity contribution in [2.24, 2.45) is 11.8 Å². The average molecular weight is 322 g/mol. The SMILES string of the molecule is Cc1cc(O)ccc1NCC(CNC(=O)OC(C)(C)C)C(C)C. The zero-order valence-corrected chi connectivity index (χ0v) is 15.1. The summed E-state index contributed by atoms with van der Waals surface area (Å²) in [6, 6.07) is 5.26. The molecular weight excluding hydrogens is 292 g/mol. The predicted octanol–water partition coefficient (Wildman–Crippen LogP) is 3.91. The first kappa shape index (κ1) is 19.1. The molecule has 0 fully saturated rings. The number of carbonyl (C=O) groups is 1. The van der Waals surface area contributed by atoms with Crippen LogP contribution in [0.1, 0.15) is 40.2 Å². The largest absolute Gasteiger partial charge is 0.508 e. The molecule has 0 saturated heterocycles. The Morgan fingerprint density at radius 3 is 2.43 bits per heavy atom. The van der Waals surface area contributed by atoms with Crippen molar-refractivity contribution in [2.45, 2.75) is 47.1 Å². The Balaban J connectivity index is 2.54. The second kappa shape index (κ2) is 8.09. The van der Waals surface area contributed by atoms with E-state index in [0.717, 1.165) is 17.8 Å². The van der Waals surface area contributed by atoms with Crippen LogP contribution in [0.4, 0.5) is 10.5 Å². The lowest BCUT2D eigenvalue weighted by atomic mass is 9.95. The van der Waals surface area contributed by atoms with Crippen LogP contribution in [0.25, 0.3) is 0 Å². The van der Waals surface area contributed by atoms with E-state index in [1.807, 2.05) is 33.8 Å². The van der Waals surface area contributed by atoms with E-state index >= 15 is 0 Å². The van der Waals surface area contributed by atoms with Gasteiger partial charge >= 0.3 is 6.09 Å². The monoisotopic (exact) mass is 322 g/mol. The second-order valence-corrected chi connectivity index (χ2v) is 7.27. The van der Waals surface area contributed by atoms with E-state index in [1.165, 1.54) is 0 Å². The Morgan fingerprint density at radius 1 is 1.26 bits per heavy atom. The smallest absolute Gasteiger partial charge is 0.407 e. The summed E-state index contributed by atoms with van der Waals surface area (Å²) in [6.45, 7) is 13.0. The van der Waals surface area contributed by atoms with Gasteiger partial charge in [0.25, 0.3) is 0 Å². The first-order chi connectivity index (χ1) is 10.6. The molecule has 1 rings (SSSR count). The first-order valence-corrected chi connectivity index (χ1v) is 8.09. The van der Waals surface area contributed by atoms with Crippen molar-refractivity contribution in [3.05, 3.63) is 23.8 Å². The Bertz CT molecular complexity index is 521. The van der Waals surface area contributed by atoms with Gasteiger partial charge in [0.2, 0.25) is 0 Å². The number of benzene rings is 1. The van der Waals surface area contributed by atoms with E-state index < -0.39 is 5.60 Å². The molecule has 5 heteroatoms. The molecule has 23 heavy (non-hydrogen) atoms. The third-order valence-electron chi connectivity index (χ3n) is 3.61. The van der Waals surface area contributed by atoms with Crippen molar-refractivity contribution >= 4 is 11.8 Å². The summed E-state index contributed by atoms with van der Waals surface area (Å²) in [5, 5.41) is 15.7. The van der Waals surface area contributed by atoms with Crippen LogP contribution in [0.5, 0.6) is 5.75 Å². The van der Waals surface area contributed by atoms with Crippen molar-refractivity contribution in [3.63, 3.8) is 0 Å². The molecule has 0 saturated carbocycles. The molecule has 0 aliphatic carbocycles. The lowest BCUT2D eigenvalue weighted by molar-refractivity contribution is 0.0516. The van der Waals surface area contributed by atoms with Gasteiger partial charge in [-0.05, 0) is 63.3 Å². The molecule has 3 N–H and O–H groups in total. The number of hydrogen-bond donors (Lipinski definition) is 3. The highest BCUT2D eigenvalue weighted by Gasteiger charge is 2.19. The van der Waals surface area contributed by atoms with E-state index in [0.29, 0.717) is 12.5 Å². The van der Waals surface area contributed by atoms with Crippen LogP contribution in [0.3, 0.4) is 0 Å². The molecule has 1 atom stereocenters. The minimum Gasteiger partial charge on any atom is -0.508 e. The number of aromatic hydroxyl groups is 1. The molecule has 0 spiro atoms. The summed E-state index contributed by atoms with van der Waals surface area (Å²) in [4.78, 5) is 11.8. The highest BCUT2D eigenvalue weighted by Crippen LogP contribution is 2.21. The van der Waals surface area contributed by atoms with Crippen LogP contribution in [0.2, 0.25) is 0 Å². The normalized spacial score (nSPS) is 12.8. The van der Waals surface area contributed by atoms with Gasteiger partial charge in [0.05, 0.1) is 0 Å². The number of rotatable bonds is 6. The number of ether oxygens (including phenoxy) is 1. The van der Waals surface area contributed by atoms with Gasteiger partial charge in [-0.2, -0.15) is 0 Å². The Hall–Kier alpha value is -1.91. The van der Waals surface area contributed by atoms with Crippen LogP contribution in [-0.4, -0.2) is 29.9 Å². The summed E-state index contributed by atoms with van der Waals surface area (Å²) in [6.07, 6.45) is -0.385. The lowest BCUT2D eigenvalue weighted by Gasteiger charge is -2.24. The average Bonchev–Trinajstić information content (AvgIpc) is 2.38. The quantitative estimate of drug-likeness (QED) is 0.695. The fraction of sp³-hybridized carbons (Fsp3) is 0.611. The number of aryl methyl sites for hydroxylation is 1. The zero-order valence-electron chi connectivity index (χ0n) is 15.1. The summed E-state index contributed by atoms with van der Waals surface area (Å²) in [5.74, 6) is 0.950. The number of anilines is 1. The lowest BCUT2D eigenvalue weighted by Crippen LogP contribution is -2.38. The number of carbonyl (C=O) groups excluding carboxylic acids is 1. The van der Waals surface area contributed by atoms with Crippen molar-refractivity contribution in [1.29, 1.82) is 0 Å². The van der Waals surface area contributed by atoms with Crippen LogP contribution in [0, 0.1) is 18.8 Å². The number of hydrogen-bond acceptors (Lipinski definition) is 4. The van der Waals surface area contributed by atoms with Gasteiger partial charge < -0.3 is 20.5 Å². The van der Waals surface area contributed by atoms with Gasteiger partial charge in [0, 0.05) is 18.8 Å². The van der Waals surface area contributed by atoms with Crippen LogP contribution >= 0.6 is 0 Å². The van der Waals surface area contributed by atoms with Crippen LogP contribution in [-0.2, 0) is 4.74 Å². The molecule has 1 amide bonds. The Labute approximate surface area is 139 Å². The fourth-order valence-electron chi connectivity index (χ4n) is 2.16. The molecule has 5 nitrogen and oxygen atoms in total. The molecule has 1 aromatic carbocycles. The van der Waals surface area contributed by atoms with Crippen LogP contribution < -0.4 is 10.6 Å². The molecule has 0 aromatic heterocycles. The van der Waals surface area contributed by atoms with E-state index in [4.69, 9.17) is 4.74 Å². The number of nitrogens with one attached hydrogen (secondary N) is 2. The molecule has 0 aliphatic heterocycles. The predicted molar refractivity (Wildman–Crippen MR) is 93.9 cm³/mol. The van der Waals surface area contributed by atoms with Crippen LogP contribution in [0.15, 0.2) is 18.2 Å². The highest BCUT2D eigenvalue weighted by molar-refractivity contribution is 5.67. The number of amides is 1. The number of phenolic OH excluding ortho intramolecular Hbond substituents is 1. The van der Waals surface area contributed by atoms with Gasteiger partial charge in [-0.25, -0.2) is 4.79 Å². The van der Waals surface area contributed by atoms with Gasteiger partial charge in [-0.1, -0.05) is 13.8 Å². The Morgan fingerprint density at radius 2 is 1.91 bits per heavy atom. The second-order valence-electron chi connectivity index (χ2n) is 7.27. The third kappa shape index (κ3) is 7.26. The molecule has 0 radical (unpaired) electrons. The summed E-state index contributed by atoms with van der Waals surface area (Å²) in [7, 11) is 0. The minimum atomic E-state index is -0.487. The Kier molecular flexibility index (Phi) is 6.73. The maximum Gasteiger partial charge on any atom is 0.407 e. The highest BCUT2D eigenvalue weighted by atomic mass is 16.6. The molecule has 0 bridgehead atoms. The van der Waals surface area contributed by atoms with Gasteiger partial charge in [-0.15, -0.1) is 0 Å². The van der Waals surface area contributed by atoms with Crippen molar-refractivity contribution in [3.8, 4) is 5.75 Å². The van der Waals surface area contributed by atoms with Gasteiger partial charge in [0.15, 0.2) is 0 Å². The maximum atomic E-state index is 11.8. The molecule has 0 aliphatic rings. The van der Waals surface area contributed by atoms with Crippen molar-refractivity contribution in [2.75, 3.05) is 18.4 Å². The first-order valence-electron chi connectivity index (χ1n) is 8.09. The van der Waals surface area contributed by atoms with Gasteiger partial charge in [-0.3, -0.25) is 0 Å². The fourth-order valence-corrected chi connectivity index (χ4v) is 2.16. The minimum absolute atomic E-state index is 0.264. The standard InChI is InChI=1S/C18H30N2O3/c1-12(2)14(11-20-17(22)23-18(4,5)6)10-19-16-8-7-15(21)9-13(16)3/h7-9,12,14,19,21H,10-11H2,1-6H3,(H,20,22).